The molecule has 0 saturated heterocycles. The Morgan fingerprint density at radius 3 is 2.38 bits per heavy atom. The standard InChI is InChI=1S/C23H34O4.C14H29N3O3/c1-2-3-4-7-19(24)12-11-16-9-10-18-14-21-17(13-20(16)18)6-5-8-22(21)27-15-23(25)26;1-7-13(2,3)10-15-8-9-16-11(18)14(4,5)17(6)12(19)20/h5-6,8,16,18-20,24H,2-4,7,9-15H2,1H3,(H,25,26);15H,7-10H2,1-6H3,(H,16,18)(H,19,20). The molecule has 0 radical (unpaired) electrons. The van der Waals surface area contributed by atoms with Crippen molar-refractivity contribution in [2.24, 2.45) is 23.2 Å². The summed E-state index contributed by atoms with van der Waals surface area (Å²) in [5, 5.41) is 34.1. The molecule has 47 heavy (non-hydrogen) atoms. The van der Waals surface area contributed by atoms with Gasteiger partial charge in [0.15, 0.2) is 6.61 Å². The highest BCUT2D eigenvalue weighted by molar-refractivity contribution is 5.88. The highest BCUT2D eigenvalue weighted by atomic mass is 16.5. The molecule has 268 valence electrons. The van der Waals surface area contributed by atoms with Crippen LogP contribution >= 0.6 is 0 Å². The molecule has 0 aromatic heterocycles. The molecular formula is C37H63N3O7. The molecule has 1 fully saturated rings. The number of aliphatic hydroxyl groups excluding tert-OH is 1. The number of aliphatic hydroxyl groups is 1. The number of carboxylic acids is 1. The van der Waals surface area contributed by atoms with Crippen LogP contribution in [0.4, 0.5) is 4.79 Å². The van der Waals surface area contributed by atoms with E-state index in [1.165, 1.54) is 43.9 Å². The van der Waals surface area contributed by atoms with E-state index in [4.69, 9.17) is 14.9 Å². The Balaban J connectivity index is 0.000000345. The summed E-state index contributed by atoms with van der Waals surface area (Å²) >= 11 is 0. The Morgan fingerprint density at radius 2 is 1.74 bits per heavy atom. The Bertz CT molecular complexity index is 1140. The summed E-state index contributed by atoms with van der Waals surface area (Å²) in [5.74, 6) is 1.62. The van der Waals surface area contributed by atoms with Gasteiger partial charge in [0, 0.05) is 26.7 Å². The molecule has 1 aromatic rings. The molecule has 4 atom stereocenters. The first-order chi connectivity index (χ1) is 22.1. The molecule has 0 spiro atoms. The minimum absolute atomic E-state index is 0.137. The van der Waals surface area contributed by atoms with Crippen LogP contribution in [0, 0.1) is 23.2 Å². The molecule has 10 heteroatoms. The van der Waals surface area contributed by atoms with Gasteiger partial charge in [-0.25, -0.2) is 9.59 Å². The predicted molar refractivity (Wildman–Crippen MR) is 186 cm³/mol. The maximum Gasteiger partial charge on any atom is 0.407 e. The molecule has 10 nitrogen and oxygen atoms in total. The first-order valence-corrected chi connectivity index (χ1v) is 17.7. The molecule has 0 heterocycles. The molecule has 1 saturated carbocycles. The number of likely N-dealkylation sites (N-methyl/N-ethyl adjacent to an activating group) is 1. The quantitative estimate of drug-likeness (QED) is 0.118. The number of aliphatic carboxylic acids is 1. The number of hydrogen-bond acceptors (Lipinski definition) is 6. The Hall–Kier alpha value is -2.85. The van der Waals surface area contributed by atoms with Crippen LogP contribution < -0.4 is 15.4 Å². The van der Waals surface area contributed by atoms with Crippen LogP contribution in [0.2, 0.25) is 0 Å². The Morgan fingerprint density at radius 1 is 1.02 bits per heavy atom. The van der Waals surface area contributed by atoms with Gasteiger partial charge in [-0.2, -0.15) is 0 Å². The molecule has 0 aliphatic heterocycles. The first-order valence-electron chi connectivity index (χ1n) is 17.7. The lowest BCUT2D eigenvalue weighted by atomic mass is 9.73. The summed E-state index contributed by atoms with van der Waals surface area (Å²) < 4.78 is 5.53. The van der Waals surface area contributed by atoms with E-state index in [2.05, 4.69) is 44.4 Å². The average Bonchev–Trinajstić information content (AvgIpc) is 3.42. The summed E-state index contributed by atoms with van der Waals surface area (Å²) in [5.41, 5.74) is 1.72. The van der Waals surface area contributed by atoms with Gasteiger partial charge in [-0.1, -0.05) is 59.1 Å². The number of nitrogens with one attached hydrogen (secondary N) is 2. The van der Waals surface area contributed by atoms with Crippen molar-refractivity contribution >= 4 is 18.0 Å². The molecule has 2 aliphatic carbocycles. The van der Waals surface area contributed by atoms with Gasteiger partial charge in [0.05, 0.1) is 6.10 Å². The van der Waals surface area contributed by atoms with Crippen LogP contribution in [-0.4, -0.2) is 83.1 Å². The third-order valence-electron chi connectivity index (χ3n) is 10.5. The summed E-state index contributed by atoms with van der Waals surface area (Å²) in [6.45, 7) is 13.7. The number of amides is 2. The SMILES string of the molecule is CCC(C)(C)CNCCNC(=O)C(C)(C)N(C)C(=O)O.CCCCCC(O)CCC1CCC2Cc3c(cccc3OCC(=O)O)CC12. The Labute approximate surface area is 283 Å². The summed E-state index contributed by atoms with van der Waals surface area (Å²) in [6.07, 6.45) is 11.0. The lowest BCUT2D eigenvalue weighted by molar-refractivity contribution is -0.139. The molecule has 4 unspecified atom stereocenters. The number of carbonyl (C=O) groups excluding carboxylic acids is 1. The molecule has 2 aliphatic rings. The van der Waals surface area contributed by atoms with Crippen molar-refractivity contribution in [1.82, 2.24) is 15.5 Å². The zero-order valence-electron chi connectivity index (χ0n) is 30.1. The normalized spacial score (nSPS) is 19.4. The van der Waals surface area contributed by atoms with E-state index in [9.17, 15) is 19.5 Å². The largest absolute Gasteiger partial charge is 0.482 e. The second-order valence-corrected chi connectivity index (χ2v) is 14.8. The second kappa shape index (κ2) is 19.2. The van der Waals surface area contributed by atoms with Crippen molar-refractivity contribution < 1.29 is 34.4 Å². The van der Waals surface area contributed by atoms with E-state index >= 15 is 0 Å². The Kier molecular flexibility index (Phi) is 16.5. The highest BCUT2D eigenvalue weighted by Gasteiger charge is 2.40. The first kappa shape index (κ1) is 40.3. The summed E-state index contributed by atoms with van der Waals surface area (Å²) in [7, 11) is 1.39. The van der Waals surface area contributed by atoms with Gasteiger partial charge in [0.25, 0.3) is 0 Å². The maximum atomic E-state index is 12.0. The van der Waals surface area contributed by atoms with Gasteiger partial charge in [0.1, 0.15) is 11.3 Å². The monoisotopic (exact) mass is 661 g/mol. The van der Waals surface area contributed by atoms with Crippen molar-refractivity contribution in [2.75, 3.05) is 33.3 Å². The predicted octanol–water partition coefficient (Wildman–Crippen LogP) is 6.13. The second-order valence-electron chi connectivity index (χ2n) is 14.8. The number of nitrogens with zero attached hydrogens (tertiary/aromatic N) is 1. The number of fused-ring (bicyclic) bond motifs is 2. The fourth-order valence-corrected chi connectivity index (χ4v) is 6.62. The third kappa shape index (κ3) is 12.9. The van der Waals surface area contributed by atoms with E-state index in [0.717, 1.165) is 62.1 Å². The van der Waals surface area contributed by atoms with Gasteiger partial charge < -0.3 is 30.7 Å². The molecule has 3 rings (SSSR count). The zero-order chi connectivity index (χ0) is 35.2. The van der Waals surface area contributed by atoms with Gasteiger partial charge in [-0.05, 0) is 106 Å². The van der Waals surface area contributed by atoms with Crippen LogP contribution in [0.1, 0.15) is 110 Å². The van der Waals surface area contributed by atoms with Crippen molar-refractivity contribution in [3.63, 3.8) is 0 Å². The minimum atomic E-state index is -1.12. The van der Waals surface area contributed by atoms with Crippen molar-refractivity contribution in [1.29, 1.82) is 0 Å². The molecular weight excluding hydrogens is 598 g/mol. The van der Waals surface area contributed by atoms with E-state index in [-0.39, 0.29) is 24.0 Å². The number of carbonyl (C=O) groups is 3. The number of ether oxygens (including phenoxy) is 1. The van der Waals surface area contributed by atoms with Crippen LogP contribution in [0.15, 0.2) is 18.2 Å². The minimum Gasteiger partial charge on any atom is -0.482 e. The summed E-state index contributed by atoms with van der Waals surface area (Å²) in [4.78, 5) is 34.7. The number of carboxylic acid groups (broad SMARTS) is 2. The zero-order valence-corrected chi connectivity index (χ0v) is 30.1. The third-order valence-corrected chi connectivity index (χ3v) is 10.5. The topological polar surface area (TPSA) is 148 Å². The van der Waals surface area contributed by atoms with Gasteiger partial charge in [-0.3, -0.25) is 9.69 Å². The van der Waals surface area contributed by atoms with Crippen molar-refractivity contribution in [2.45, 2.75) is 124 Å². The fourth-order valence-electron chi connectivity index (χ4n) is 6.62. The van der Waals surface area contributed by atoms with E-state index in [1.54, 1.807) is 13.8 Å². The molecule has 2 amide bonds. The van der Waals surface area contributed by atoms with Gasteiger partial charge in [-0.15, -0.1) is 0 Å². The molecule has 1 aromatic carbocycles. The van der Waals surface area contributed by atoms with Crippen LogP contribution in [0.25, 0.3) is 0 Å². The van der Waals surface area contributed by atoms with Crippen LogP contribution in [0.3, 0.4) is 0 Å². The molecule has 5 N–H and O–H groups in total. The van der Waals surface area contributed by atoms with Crippen LogP contribution in [0.5, 0.6) is 5.75 Å². The fraction of sp³-hybridized carbons (Fsp3) is 0.757. The van der Waals surface area contributed by atoms with E-state index in [0.29, 0.717) is 30.8 Å². The number of rotatable bonds is 18. The molecule has 0 bridgehead atoms. The number of unbranched alkanes of at least 4 members (excludes halogenated alkanes) is 2. The number of benzene rings is 1. The lowest BCUT2D eigenvalue weighted by Gasteiger charge is -2.32. The van der Waals surface area contributed by atoms with Gasteiger partial charge >= 0.3 is 12.1 Å². The van der Waals surface area contributed by atoms with Crippen molar-refractivity contribution in [3.8, 4) is 5.75 Å². The highest BCUT2D eigenvalue weighted by Crippen LogP contribution is 2.48. The van der Waals surface area contributed by atoms with E-state index in [1.807, 2.05) is 12.1 Å². The average molecular weight is 662 g/mol. The maximum absolute atomic E-state index is 12.0. The smallest absolute Gasteiger partial charge is 0.407 e. The van der Waals surface area contributed by atoms with Gasteiger partial charge in [0.2, 0.25) is 5.91 Å². The number of hydrogen-bond donors (Lipinski definition) is 5. The summed E-state index contributed by atoms with van der Waals surface area (Å²) in [6, 6.07) is 6.06. The van der Waals surface area contributed by atoms with Crippen LogP contribution in [-0.2, 0) is 22.4 Å². The lowest BCUT2D eigenvalue weighted by Crippen LogP contribution is -2.55. The van der Waals surface area contributed by atoms with E-state index < -0.39 is 17.6 Å². The van der Waals surface area contributed by atoms with Crippen molar-refractivity contribution in [3.05, 3.63) is 29.3 Å².